The molecule has 0 fully saturated rings. The lowest BCUT2D eigenvalue weighted by Gasteiger charge is -2.07. The molecule has 1 amide bonds. The molecule has 0 aliphatic rings. The van der Waals surface area contributed by atoms with Gasteiger partial charge >= 0.3 is 0 Å². The van der Waals surface area contributed by atoms with E-state index < -0.39 is 15.7 Å². The van der Waals surface area contributed by atoms with Gasteiger partial charge in [-0.2, -0.15) is 4.99 Å². The van der Waals surface area contributed by atoms with Crippen LogP contribution in [0.1, 0.15) is 35.3 Å². The van der Waals surface area contributed by atoms with Crippen LogP contribution in [0.2, 0.25) is 0 Å². The highest BCUT2D eigenvalue weighted by atomic mass is 32.2. The van der Waals surface area contributed by atoms with Crippen molar-refractivity contribution in [3.63, 3.8) is 0 Å². The standard InChI is InChI=1S/C22H26N2O4S2/c1-5-28-12-11-24-19-13-15(3)16(4)14-20(19)29-22(24)23-21(25)17-7-9-18(10-8-17)30(26,27)6-2/h7-10,13-14H,5-6,11-12H2,1-4H3. The van der Waals surface area contributed by atoms with Gasteiger partial charge in [-0.05, 0) is 68.3 Å². The Labute approximate surface area is 180 Å². The highest BCUT2D eigenvalue weighted by Gasteiger charge is 2.14. The molecule has 0 atom stereocenters. The molecule has 6 nitrogen and oxygen atoms in total. The molecule has 0 unspecified atom stereocenters. The van der Waals surface area contributed by atoms with Gasteiger partial charge in [-0.25, -0.2) is 8.42 Å². The number of sulfone groups is 1. The molecular weight excluding hydrogens is 420 g/mol. The first-order valence-electron chi connectivity index (χ1n) is 9.87. The van der Waals surface area contributed by atoms with Gasteiger partial charge in [0.1, 0.15) is 0 Å². The normalized spacial score (nSPS) is 12.6. The number of aromatic nitrogens is 1. The van der Waals surface area contributed by atoms with E-state index in [1.165, 1.54) is 46.7 Å². The van der Waals surface area contributed by atoms with Gasteiger partial charge in [0.2, 0.25) is 0 Å². The maximum atomic E-state index is 12.8. The third-order valence-electron chi connectivity index (χ3n) is 5.00. The average Bonchev–Trinajstić information content (AvgIpc) is 3.04. The van der Waals surface area contributed by atoms with Crippen LogP contribution in [0, 0.1) is 13.8 Å². The van der Waals surface area contributed by atoms with Crippen molar-refractivity contribution in [1.82, 2.24) is 4.57 Å². The Morgan fingerprint density at radius 2 is 1.77 bits per heavy atom. The predicted molar refractivity (Wildman–Crippen MR) is 120 cm³/mol. The Balaban J connectivity index is 2.03. The minimum absolute atomic E-state index is 0.0190. The zero-order chi connectivity index (χ0) is 21.9. The molecule has 0 spiro atoms. The van der Waals surface area contributed by atoms with Crippen molar-refractivity contribution in [1.29, 1.82) is 0 Å². The summed E-state index contributed by atoms with van der Waals surface area (Å²) in [4.78, 5) is 17.9. The Hall–Kier alpha value is -2.29. The van der Waals surface area contributed by atoms with Gasteiger partial charge in [0, 0.05) is 18.7 Å². The van der Waals surface area contributed by atoms with E-state index in [0.717, 1.165) is 10.2 Å². The number of fused-ring (bicyclic) bond motifs is 1. The van der Waals surface area contributed by atoms with Crippen LogP contribution in [0.5, 0.6) is 0 Å². The lowest BCUT2D eigenvalue weighted by atomic mass is 10.1. The van der Waals surface area contributed by atoms with Crippen LogP contribution in [0.3, 0.4) is 0 Å². The summed E-state index contributed by atoms with van der Waals surface area (Å²) in [5.41, 5.74) is 3.74. The summed E-state index contributed by atoms with van der Waals surface area (Å²) in [5.74, 6) is -0.383. The molecule has 0 aliphatic carbocycles. The predicted octanol–water partition coefficient (Wildman–Crippen LogP) is 3.89. The first-order valence-corrected chi connectivity index (χ1v) is 12.3. The monoisotopic (exact) mass is 446 g/mol. The number of rotatable bonds is 7. The molecule has 0 aliphatic heterocycles. The second-order valence-electron chi connectivity index (χ2n) is 6.98. The molecule has 0 saturated heterocycles. The van der Waals surface area contributed by atoms with Crippen molar-refractivity contribution in [3.8, 4) is 0 Å². The molecule has 0 saturated carbocycles. The quantitative estimate of drug-likeness (QED) is 0.516. The van der Waals surface area contributed by atoms with Crippen molar-refractivity contribution >= 4 is 37.3 Å². The van der Waals surface area contributed by atoms with Gasteiger partial charge in [-0.3, -0.25) is 4.79 Å². The van der Waals surface area contributed by atoms with Gasteiger partial charge in [0.25, 0.3) is 5.91 Å². The number of benzene rings is 2. The minimum atomic E-state index is -3.30. The highest BCUT2D eigenvalue weighted by molar-refractivity contribution is 7.91. The molecule has 0 N–H and O–H groups in total. The lowest BCUT2D eigenvalue weighted by Crippen LogP contribution is -2.19. The summed E-state index contributed by atoms with van der Waals surface area (Å²) < 4.78 is 32.5. The molecule has 30 heavy (non-hydrogen) atoms. The van der Waals surface area contributed by atoms with E-state index >= 15 is 0 Å². The van der Waals surface area contributed by atoms with E-state index in [4.69, 9.17) is 4.74 Å². The fraction of sp³-hybridized carbons (Fsp3) is 0.364. The van der Waals surface area contributed by atoms with Crippen molar-refractivity contribution in [3.05, 3.63) is 57.9 Å². The van der Waals surface area contributed by atoms with E-state index in [1.54, 1.807) is 6.92 Å². The van der Waals surface area contributed by atoms with Gasteiger partial charge in [-0.15, -0.1) is 0 Å². The summed E-state index contributed by atoms with van der Waals surface area (Å²) in [7, 11) is -3.30. The van der Waals surface area contributed by atoms with Gasteiger partial charge in [-0.1, -0.05) is 18.3 Å². The Morgan fingerprint density at radius 1 is 1.10 bits per heavy atom. The van der Waals surface area contributed by atoms with Gasteiger partial charge in [0.05, 0.1) is 27.5 Å². The molecule has 8 heteroatoms. The smallest absolute Gasteiger partial charge is 0.279 e. The number of hydrogen-bond donors (Lipinski definition) is 0. The van der Waals surface area contributed by atoms with Crippen molar-refractivity contribution in [2.75, 3.05) is 19.0 Å². The molecule has 0 bridgehead atoms. The number of ether oxygens (including phenoxy) is 1. The number of aryl methyl sites for hydroxylation is 2. The zero-order valence-corrected chi connectivity index (χ0v) is 19.3. The van der Waals surface area contributed by atoms with E-state index in [9.17, 15) is 13.2 Å². The molecular formula is C22H26N2O4S2. The fourth-order valence-corrected chi connectivity index (χ4v) is 5.06. The fourth-order valence-electron chi connectivity index (χ4n) is 3.05. The van der Waals surface area contributed by atoms with E-state index in [1.807, 2.05) is 11.5 Å². The average molecular weight is 447 g/mol. The van der Waals surface area contributed by atoms with Crippen molar-refractivity contribution in [2.45, 2.75) is 39.1 Å². The Morgan fingerprint density at radius 3 is 2.40 bits per heavy atom. The maximum Gasteiger partial charge on any atom is 0.279 e. The number of thiazole rings is 1. The van der Waals surface area contributed by atoms with Crippen LogP contribution in [-0.4, -0.2) is 37.9 Å². The molecule has 3 rings (SSSR count). The minimum Gasteiger partial charge on any atom is -0.380 e. The molecule has 3 aromatic rings. The first-order chi connectivity index (χ1) is 14.3. The molecule has 160 valence electrons. The van der Waals surface area contributed by atoms with Crippen LogP contribution >= 0.6 is 11.3 Å². The SMILES string of the molecule is CCOCCn1c(=NC(=O)c2ccc(S(=O)(=O)CC)cc2)sc2cc(C)c(C)cc21. The van der Waals surface area contributed by atoms with Gasteiger partial charge in [0.15, 0.2) is 14.6 Å². The first kappa shape index (κ1) is 22.4. The van der Waals surface area contributed by atoms with Crippen LogP contribution in [-0.2, 0) is 21.1 Å². The Bertz CT molecular complexity index is 1240. The number of carbonyl (C=O) groups is 1. The zero-order valence-electron chi connectivity index (χ0n) is 17.6. The second kappa shape index (κ2) is 9.24. The summed E-state index contributed by atoms with van der Waals surface area (Å²) in [5, 5.41) is 0. The third kappa shape index (κ3) is 4.71. The Kier molecular flexibility index (Phi) is 6.90. The van der Waals surface area contributed by atoms with Crippen LogP contribution in [0.25, 0.3) is 10.2 Å². The molecule has 1 aromatic heterocycles. The molecule has 1 heterocycles. The number of amides is 1. The lowest BCUT2D eigenvalue weighted by molar-refractivity contribution is 0.0996. The number of hydrogen-bond acceptors (Lipinski definition) is 5. The van der Waals surface area contributed by atoms with E-state index in [0.29, 0.717) is 30.1 Å². The molecule has 0 radical (unpaired) electrons. The van der Waals surface area contributed by atoms with Crippen LogP contribution in [0.4, 0.5) is 0 Å². The number of nitrogens with zero attached hydrogens (tertiary/aromatic N) is 2. The van der Waals surface area contributed by atoms with E-state index in [2.05, 4.69) is 31.0 Å². The third-order valence-corrected chi connectivity index (χ3v) is 7.79. The summed E-state index contributed by atoms with van der Waals surface area (Å²) in [6.07, 6.45) is 0. The van der Waals surface area contributed by atoms with E-state index in [-0.39, 0.29) is 10.6 Å². The summed E-state index contributed by atoms with van der Waals surface area (Å²) in [6.45, 7) is 9.41. The summed E-state index contributed by atoms with van der Waals surface area (Å²) in [6, 6.07) is 10.2. The van der Waals surface area contributed by atoms with Crippen molar-refractivity contribution in [2.24, 2.45) is 4.99 Å². The van der Waals surface area contributed by atoms with Crippen molar-refractivity contribution < 1.29 is 17.9 Å². The highest BCUT2D eigenvalue weighted by Crippen LogP contribution is 2.22. The number of carbonyl (C=O) groups excluding carboxylic acids is 1. The van der Waals surface area contributed by atoms with Crippen LogP contribution in [0.15, 0.2) is 46.3 Å². The largest absolute Gasteiger partial charge is 0.380 e. The second-order valence-corrected chi connectivity index (χ2v) is 10.3. The maximum absolute atomic E-state index is 12.8. The topological polar surface area (TPSA) is 77.7 Å². The molecule has 2 aromatic carbocycles. The van der Waals surface area contributed by atoms with Gasteiger partial charge < -0.3 is 9.30 Å². The van der Waals surface area contributed by atoms with Crippen LogP contribution < -0.4 is 4.80 Å². The summed E-state index contributed by atoms with van der Waals surface area (Å²) >= 11 is 1.46.